The molecule has 4 rings (SSSR count). The molecule has 0 spiro atoms. The molecule has 0 saturated carbocycles. The summed E-state index contributed by atoms with van der Waals surface area (Å²) < 4.78 is 1.66. The van der Waals surface area contributed by atoms with Crippen LogP contribution in [0, 0.1) is 6.92 Å². The highest BCUT2D eigenvalue weighted by Gasteiger charge is 2.27. The standard InChI is InChI=1S/C21H23N3O2S/c1-3-4-11-23-13-22-19-17(20(23)25)14(2)18(27-19)21(26)24-12-7-9-15-8-5-6-10-16(15)24/h5-6,8,10,13H,3-4,7,9,11-12H2,1-2H3. The normalized spacial score (nSPS) is 13.8. The number of nitrogens with zero attached hydrogens (tertiary/aromatic N) is 3. The van der Waals surface area contributed by atoms with E-state index >= 15 is 0 Å². The van der Waals surface area contributed by atoms with E-state index in [-0.39, 0.29) is 11.5 Å². The van der Waals surface area contributed by atoms with E-state index in [0.29, 0.717) is 28.2 Å². The van der Waals surface area contributed by atoms with Crippen molar-refractivity contribution in [1.82, 2.24) is 9.55 Å². The van der Waals surface area contributed by atoms with Crippen molar-refractivity contribution >= 4 is 33.1 Å². The summed E-state index contributed by atoms with van der Waals surface area (Å²) in [5.74, 6) is -0.0258. The van der Waals surface area contributed by atoms with E-state index in [2.05, 4.69) is 18.0 Å². The predicted octanol–water partition coefficient (Wildman–Crippen LogP) is 4.16. The first-order valence-corrected chi connectivity index (χ1v) is 10.3. The Morgan fingerprint density at radius 2 is 2.11 bits per heavy atom. The number of fused-ring (bicyclic) bond motifs is 2. The minimum Gasteiger partial charge on any atom is -0.307 e. The number of anilines is 1. The van der Waals surface area contributed by atoms with Crippen LogP contribution >= 0.6 is 11.3 Å². The molecule has 5 nitrogen and oxygen atoms in total. The van der Waals surface area contributed by atoms with E-state index in [1.165, 1.54) is 16.9 Å². The summed E-state index contributed by atoms with van der Waals surface area (Å²) in [4.78, 5) is 33.8. The van der Waals surface area contributed by atoms with Crippen molar-refractivity contribution < 1.29 is 4.79 Å². The highest BCUT2D eigenvalue weighted by molar-refractivity contribution is 7.20. The number of thiophene rings is 1. The topological polar surface area (TPSA) is 55.2 Å². The zero-order valence-electron chi connectivity index (χ0n) is 15.7. The Morgan fingerprint density at radius 3 is 2.93 bits per heavy atom. The lowest BCUT2D eigenvalue weighted by Gasteiger charge is -2.29. The van der Waals surface area contributed by atoms with Gasteiger partial charge in [0.1, 0.15) is 4.83 Å². The quantitative estimate of drug-likeness (QED) is 0.682. The molecule has 1 amide bonds. The fraction of sp³-hybridized carbons (Fsp3) is 0.381. The smallest absolute Gasteiger partial charge is 0.268 e. The van der Waals surface area contributed by atoms with Crippen molar-refractivity contribution in [1.29, 1.82) is 0 Å². The minimum atomic E-state index is -0.0414. The number of carbonyl (C=O) groups is 1. The lowest BCUT2D eigenvalue weighted by atomic mass is 10.0. The summed E-state index contributed by atoms with van der Waals surface area (Å²) >= 11 is 1.33. The third-order valence-corrected chi connectivity index (χ3v) is 6.41. The van der Waals surface area contributed by atoms with Crippen LogP contribution < -0.4 is 10.5 Å². The van der Waals surface area contributed by atoms with E-state index in [4.69, 9.17) is 0 Å². The number of benzene rings is 1. The summed E-state index contributed by atoms with van der Waals surface area (Å²) in [5.41, 5.74) is 2.90. The molecule has 1 aliphatic heterocycles. The third kappa shape index (κ3) is 3.08. The van der Waals surface area contributed by atoms with Crippen LogP contribution in [0.1, 0.15) is 47.0 Å². The average molecular weight is 382 g/mol. The Bertz CT molecular complexity index is 1070. The van der Waals surface area contributed by atoms with Gasteiger partial charge in [0.2, 0.25) is 0 Å². The van der Waals surface area contributed by atoms with Gasteiger partial charge in [-0.2, -0.15) is 0 Å². The maximum atomic E-state index is 13.3. The van der Waals surface area contributed by atoms with Crippen LogP contribution in [0.5, 0.6) is 0 Å². The summed E-state index contributed by atoms with van der Waals surface area (Å²) in [5, 5.41) is 0.590. The van der Waals surface area contributed by atoms with Gasteiger partial charge in [-0.3, -0.25) is 14.2 Å². The van der Waals surface area contributed by atoms with Gasteiger partial charge in [-0.1, -0.05) is 31.5 Å². The molecule has 1 aliphatic rings. The van der Waals surface area contributed by atoms with Crippen LogP contribution in [-0.2, 0) is 13.0 Å². The number of amides is 1. The van der Waals surface area contributed by atoms with E-state index < -0.39 is 0 Å². The lowest BCUT2D eigenvalue weighted by molar-refractivity contribution is 0.0988. The maximum Gasteiger partial charge on any atom is 0.268 e. The molecule has 0 bridgehead atoms. The Labute approximate surface area is 162 Å². The first kappa shape index (κ1) is 17.9. The Morgan fingerprint density at radius 1 is 1.30 bits per heavy atom. The number of hydrogen-bond acceptors (Lipinski definition) is 4. The fourth-order valence-corrected chi connectivity index (χ4v) is 4.81. The minimum absolute atomic E-state index is 0.0258. The molecule has 0 atom stereocenters. The van der Waals surface area contributed by atoms with Gasteiger partial charge < -0.3 is 4.90 Å². The molecule has 0 unspecified atom stereocenters. The Kier molecular flexibility index (Phi) is 4.83. The molecule has 2 aromatic heterocycles. The van der Waals surface area contributed by atoms with E-state index in [1.54, 1.807) is 10.9 Å². The molecule has 0 saturated heterocycles. The summed E-state index contributed by atoms with van der Waals surface area (Å²) in [6, 6.07) is 8.07. The van der Waals surface area contributed by atoms with Crippen molar-refractivity contribution in [2.45, 2.75) is 46.1 Å². The second-order valence-corrected chi connectivity index (χ2v) is 8.02. The van der Waals surface area contributed by atoms with Crippen molar-refractivity contribution in [3.05, 3.63) is 57.0 Å². The van der Waals surface area contributed by atoms with E-state index in [0.717, 1.165) is 36.9 Å². The largest absolute Gasteiger partial charge is 0.307 e. The molecule has 1 aromatic carbocycles. The van der Waals surface area contributed by atoms with Crippen molar-refractivity contribution in [3.63, 3.8) is 0 Å². The molecule has 27 heavy (non-hydrogen) atoms. The molecular weight excluding hydrogens is 358 g/mol. The number of aromatic nitrogens is 2. The molecule has 140 valence electrons. The molecular formula is C21H23N3O2S. The zero-order chi connectivity index (χ0) is 19.0. The van der Waals surface area contributed by atoms with Crippen LogP contribution in [0.2, 0.25) is 0 Å². The maximum absolute atomic E-state index is 13.3. The first-order valence-electron chi connectivity index (χ1n) is 9.50. The second kappa shape index (κ2) is 7.27. The van der Waals surface area contributed by atoms with Crippen LogP contribution in [0.15, 0.2) is 35.4 Å². The molecule has 0 fully saturated rings. The average Bonchev–Trinajstić information content (AvgIpc) is 3.04. The van der Waals surface area contributed by atoms with Gasteiger partial charge in [0.25, 0.3) is 11.5 Å². The number of para-hydroxylation sites is 1. The third-order valence-electron chi connectivity index (χ3n) is 5.22. The molecule has 3 aromatic rings. The number of aryl methyl sites for hydroxylation is 3. The van der Waals surface area contributed by atoms with Gasteiger partial charge in [-0.15, -0.1) is 11.3 Å². The number of carbonyl (C=O) groups excluding carboxylic acids is 1. The van der Waals surface area contributed by atoms with Gasteiger partial charge >= 0.3 is 0 Å². The number of hydrogen-bond donors (Lipinski definition) is 0. The first-order chi connectivity index (χ1) is 13.1. The number of unbranched alkanes of at least 4 members (excludes halogenated alkanes) is 1. The van der Waals surface area contributed by atoms with E-state index in [1.807, 2.05) is 30.0 Å². The lowest BCUT2D eigenvalue weighted by Crippen LogP contribution is -2.35. The van der Waals surface area contributed by atoms with Crippen LogP contribution in [0.4, 0.5) is 5.69 Å². The van der Waals surface area contributed by atoms with Gasteiger partial charge in [-0.25, -0.2) is 4.98 Å². The van der Waals surface area contributed by atoms with Crippen molar-refractivity contribution in [2.24, 2.45) is 0 Å². The van der Waals surface area contributed by atoms with Crippen LogP contribution in [0.25, 0.3) is 10.2 Å². The molecule has 3 heterocycles. The summed E-state index contributed by atoms with van der Waals surface area (Å²) in [6.07, 6.45) is 5.52. The summed E-state index contributed by atoms with van der Waals surface area (Å²) in [6.45, 7) is 5.34. The van der Waals surface area contributed by atoms with Crippen LogP contribution in [0.3, 0.4) is 0 Å². The van der Waals surface area contributed by atoms with Crippen LogP contribution in [-0.4, -0.2) is 22.0 Å². The monoisotopic (exact) mass is 381 g/mol. The Hall–Kier alpha value is -2.47. The number of rotatable bonds is 4. The van der Waals surface area contributed by atoms with Gasteiger partial charge in [0.15, 0.2) is 0 Å². The molecule has 6 heteroatoms. The fourth-order valence-electron chi connectivity index (χ4n) is 3.72. The zero-order valence-corrected chi connectivity index (χ0v) is 16.5. The SMILES string of the molecule is CCCCn1cnc2sc(C(=O)N3CCCc4ccccc43)c(C)c2c1=O. The molecule has 0 N–H and O–H groups in total. The second-order valence-electron chi connectivity index (χ2n) is 7.02. The Balaban J connectivity index is 1.77. The predicted molar refractivity (Wildman–Crippen MR) is 110 cm³/mol. The van der Waals surface area contributed by atoms with Gasteiger partial charge in [-0.05, 0) is 43.4 Å². The van der Waals surface area contributed by atoms with Crippen molar-refractivity contribution in [2.75, 3.05) is 11.4 Å². The van der Waals surface area contributed by atoms with Gasteiger partial charge in [0, 0.05) is 18.8 Å². The summed E-state index contributed by atoms with van der Waals surface area (Å²) in [7, 11) is 0. The van der Waals surface area contributed by atoms with Gasteiger partial charge in [0.05, 0.1) is 16.6 Å². The highest BCUT2D eigenvalue weighted by atomic mass is 32.1. The molecule has 0 aliphatic carbocycles. The highest BCUT2D eigenvalue weighted by Crippen LogP contribution is 2.32. The van der Waals surface area contributed by atoms with Crippen molar-refractivity contribution in [3.8, 4) is 0 Å². The molecule has 0 radical (unpaired) electrons. The van der Waals surface area contributed by atoms with E-state index in [9.17, 15) is 9.59 Å².